The van der Waals surface area contributed by atoms with Gasteiger partial charge in [0.1, 0.15) is 11.3 Å². The number of nitriles is 1. The van der Waals surface area contributed by atoms with Crippen LogP contribution in [-0.2, 0) is 6.18 Å². The van der Waals surface area contributed by atoms with Crippen molar-refractivity contribution in [1.82, 2.24) is 9.78 Å². The van der Waals surface area contributed by atoms with Gasteiger partial charge in [0.25, 0.3) is 0 Å². The Balaban J connectivity index is 2.39. The fraction of sp³-hybridized carbons (Fsp3) is 0.0625. The monoisotopic (exact) mass is 347 g/mol. The van der Waals surface area contributed by atoms with Crippen molar-refractivity contribution in [2.75, 3.05) is 0 Å². The Morgan fingerprint density at radius 3 is 2.60 bits per heavy atom. The molecule has 25 heavy (non-hydrogen) atoms. The molecule has 9 heteroatoms. The van der Waals surface area contributed by atoms with Gasteiger partial charge < -0.3 is 9.52 Å². The van der Waals surface area contributed by atoms with Gasteiger partial charge in [-0.3, -0.25) is 0 Å². The Morgan fingerprint density at radius 2 is 2.04 bits per heavy atom. The largest absolute Gasteiger partial charge is 0.478 e. The summed E-state index contributed by atoms with van der Waals surface area (Å²) in [5, 5.41) is 21.7. The summed E-state index contributed by atoms with van der Waals surface area (Å²) in [6.45, 7) is 0. The molecule has 1 N–H and O–H groups in total. The van der Waals surface area contributed by atoms with Crippen LogP contribution in [0.5, 0.6) is 0 Å². The van der Waals surface area contributed by atoms with Crippen LogP contribution in [0.2, 0.25) is 0 Å². The lowest BCUT2D eigenvalue weighted by atomic mass is 10.1. The number of nitrogens with zero attached hydrogens (tertiary/aromatic N) is 3. The van der Waals surface area contributed by atoms with Crippen molar-refractivity contribution in [2.24, 2.45) is 0 Å². The minimum Gasteiger partial charge on any atom is -0.478 e. The van der Waals surface area contributed by atoms with E-state index in [1.165, 1.54) is 42.7 Å². The first kappa shape index (κ1) is 16.3. The third kappa shape index (κ3) is 2.85. The first-order valence-corrected chi connectivity index (χ1v) is 6.81. The van der Waals surface area contributed by atoms with Gasteiger partial charge in [-0.1, -0.05) is 6.07 Å². The zero-order valence-corrected chi connectivity index (χ0v) is 12.3. The van der Waals surface area contributed by atoms with Crippen LogP contribution in [0, 0.1) is 11.3 Å². The minimum atomic E-state index is -4.98. The van der Waals surface area contributed by atoms with Crippen LogP contribution in [0.25, 0.3) is 17.1 Å². The average molecular weight is 347 g/mol. The Hall–Kier alpha value is -3.54. The molecule has 0 saturated heterocycles. The number of carboxylic acid groups (broad SMARTS) is 1. The molecule has 0 unspecified atom stereocenters. The van der Waals surface area contributed by atoms with E-state index in [2.05, 4.69) is 5.10 Å². The molecular formula is C16H8F3N3O3. The van der Waals surface area contributed by atoms with Crippen molar-refractivity contribution in [3.63, 3.8) is 0 Å². The number of hydrogen-bond donors (Lipinski definition) is 1. The second-order valence-corrected chi connectivity index (χ2v) is 4.93. The molecule has 0 fully saturated rings. The number of rotatable bonds is 3. The van der Waals surface area contributed by atoms with Gasteiger partial charge in [-0.2, -0.15) is 23.5 Å². The Bertz CT molecular complexity index is 982. The number of aromatic carboxylic acids is 1. The lowest BCUT2D eigenvalue weighted by Crippen LogP contribution is -2.12. The smallest absolute Gasteiger partial charge is 0.436 e. The van der Waals surface area contributed by atoms with E-state index in [4.69, 9.17) is 9.68 Å². The van der Waals surface area contributed by atoms with Gasteiger partial charge in [0, 0.05) is 0 Å². The van der Waals surface area contributed by atoms with Crippen molar-refractivity contribution >= 4 is 5.97 Å². The van der Waals surface area contributed by atoms with Crippen LogP contribution in [0.3, 0.4) is 0 Å². The summed E-state index contributed by atoms with van der Waals surface area (Å²) in [6.07, 6.45) is -3.77. The van der Waals surface area contributed by atoms with Gasteiger partial charge in [0.15, 0.2) is 11.5 Å². The topological polar surface area (TPSA) is 92.0 Å². The standard InChI is InChI=1S/C16H8F3N3O3/c17-16(18,19)14-12(15(23)24)13(11-5-2-6-25-11)22(21-14)10-4-1-3-9(7-10)8-20/h1-7H,(H,23,24). The predicted octanol–water partition coefficient (Wildman–Crippen LogP) is 3.72. The molecule has 0 spiro atoms. The molecule has 0 amide bonds. The lowest BCUT2D eigenvalue weighted by molar-refractivity contribution is -0.141. The van der Waals surface area contributed by atoms with E-state index >= 15 is 0 Å². The molecule has 2 heterocycles. The van der Waals surface area contributed by atoms with Crippen LogP contribution in [0.4, 0.5) is 13.2 Å². The van der Waals surface area contributed by atoms with E-state index in [9.17, 15) is 23.1 Å². The van der Waals surface area contributed by atoms with Gasteiger partial charge >= 0.3 is 12.1 Å². The van der Waals surface area contributed by atoms with Crippen LogP contribution < -0.4 is 0 Å². The summed E-state index contributed by atoms with van der Waals surface area (Å²) in [5.74, 6) is -1.89. The maximum absolute atomic E-state index is 13.3. The molecule has 126 valence electrons. The van der Waals surface area contributed by atoms with Crippen molar-refractivity contribution in [3.8, 4) is 23.2 Å². The number of hydrogen-bond acceptors (Lipinski definition) is 4. The van der Waals surface area contributed by atoms with Gasteiger partial charge in [0.2, 0.25) is 0 Å². The molecule has 0 bridgehead atoms. The van der Waals surface area contributed by atoms with Crippen LogP contribution in [0.1, 0.15) is 21.6 Å². The zero-order chi connectivity index (χ0) is 18.2. The van der Waals surface area contributed by atoms with Crippen LogP contribution in [-0.4, -0.2) is 20.9 Å². The molecule has 0 saturated carbocycles. The average Bonchev–Trinajstić information content (AvgIpc) is 3.21. The molecule has 6 nitrogen and oxygen atoms in total. The minimum absolute atomic E-state index is 0.0947. The van der Waals surface area contributed by atoms with Gasteiger partial charge in [-0.05, 0) is 30.3 Å². The van der Waals surface area contributed by atoms with Crippen LogP contribution >= 0.6 is 0 Å². The molecular weight excluding hydrogens is 339 g/mol. The Morgan fingerprint density at radius 1 is 1.28 bits per heavy atom. The molecule has 0 aliphatic heterocycles. The highest BCUT2D eigenvalue weighted by Gasteiger charge is 2.42. The van der Waals surface area contributed by atoms with E-state index < -0.39 is 23.4 Å². The summed E-state index contributed by atoms with van der Waals surface area (Å²) < 4.78 is 45.8. The first-order valence-electron chi connectivity index (χ1n) is 6.81. The third-order valence-electron chi connectivity index (χ3n) is 3.34. The Labute approximate surface area is 138 Å². The maximum Gasteiger partial charge on any atom is 0.436 e. The number of alkyl halides is 3. The van der Waals surface area contributed by atoms with Crippen molar-refractivity contribution in [2.45, 2.75) is 6.18 Å². The number of halogens is 3. The highest BCUT2D eigenvalue weighted by atomic mass is 19.4. The highest BCUT2D eigenvalue weighted by Crippen LogP contribution is 2.38. The fourth-order valence-corrected chi connectivity index (χ4v) is 2.35. The van der Waals surface area contributed by atoms with Crippen molar-refractivity contribution in [1.29, 1.82) is 5.26 Å². The van der Waals surface area contributed by atoms with Gasteiger partial charge in [0.05, 0.1) is 23.6 Å². The molecule has 0 aliphatic rings. The number of carboxylic acids is 1. The van der Waals surface area contributed by atoms with E-state index in [1.807, 2.05) is 6.07 Å². The lowest BCUT2D eigenvalue weighted by Gasteiger charge is -2.06. The van der Waals surface area contributed by atoms with E-state index in [0.29, 0.717) is 0 Å². The summed E-state index contributed by atoms with van der Waals surface area (Å²) in [7, 11) is 0. The molecule has 3 aromatic rings. The summed E-state index contributed by atoms with van der Waals surface area (Å²) in [4.78, 5) is 11.5. The van der Waals surface area contributed by atoms with E-state index in [-0.39, 0.29) is 22.7 Å². The number of benzene rings is 1. The fourth-order valence-electron chi connectivity index (χ4n) is 2.35. The number of carbonyl (C=O) groups is 1. The van der Waals surface area contributed by atoms with Gasteiger partial charge in [-0.25, -0.2) is 9.48 Å². The zero-order valence-electron chi connectivity index (χ0n) is 12.3. The van der Waals surface area contributed by atoms with Gasteiger partial charge in [-0.15, -0.1) is 0 Å². The van der Waals surface area contributed by atoms with Crippen molar-refractivity contribution < 1.29 is 27.5 Å². The van der Waals surface area contributed by atoms with E-state index in [0.717, 1.165) is 4.68 Å². The second-order valence-electron chi connectivity index (χ2n) is 4.93. The SMILES string of the molecule is N#Cc1cccc(-n2nc(C(F)(F)F)c(C(=O)O)c2-c2ccco2)c1. The molecule has 0 radical (unpaired) electrons. The first-order chi connectivity index (χ1) is 11.8. The normalized spacial score (nSPS) is 11.3. The third-order valence-corrected chi connectivity index (χ3v) is 3.34. The molecule has 3 rings (SSSR count). The van der Waals surface area contributed by atoms with Crippen LogP contribution in [0.15, 0.2) is 47.1 Å². The highest BCUT2D eigenvalue weighted by molar-refractivity contribution is 5.96. The summed E-state index contributed by atoms with van der Waals surface area (Å²) in [6, 6.07) is 10.2. The molecule has 0 aliphatic carbocycles. The Kier molecular flexibility index (Phi) is 3.81. The second kappa shape index (κ2) is 5.83. The van der Waals surface area contributed by atoms with E-state index in [1.54, 1.807) is 0 Å². The number of furan rings is 1. The summed E-state index contributed by atoms with van der Waals surface area (Å²) in [5.41, 5.74) is -2.65. The number of aromatic nitrogens is 2. The summed E-state index contributed by atoms with van der Waals surface area (Å²) >= 11 is 0. The predicted molar refractivity (Wildman–Crippen MR) is 77.9 cm³/mol. The molecule has 0 atom stereocenters. The quantitative estimate of drug-likeness (QED) is 0.779. The van der Waals surface area contributed by atoms with Crippen molar-refractivity contribution in [3.05, 3.63) is 59.5 Å². The molecule has 1 aromatic carbocycles. The maximum atomic E-state index is 13.3. The molecule has 2 aromatic heterocycles.